The Morgan fingerprint density at radius 3 is 2.41 bits per heavy atom. The number of nitrogens with one attached hydrogen (secondary N) is 1. The highest BCUT2D eigenvalue weighted by atomic mass is 79.9. The molecule has 0 aliphatic rings. The minimum absolute atomic E-state index is 0.0562. The smallest absolute Gasteiger partial charge is 0.272 e. The van der Waals surface area contributed by atoms with E-state index in [9.17, 15) is 13.2 Å². The maximum Gasteiger partial charge on any atom is 0.433 e. The van der Waals surface area contributed by atoms with E-state index in [4.69, 9.17) is 0 Å². The molecule has 0 amide bonds. The van der Waals surface area contributed by atoms with Crippen molar-refractivity contribution in [3.05, 3.63) is 40.0 Å². The number of aromatic nitrogens is 2. The number of rotatable bonds is 1. The van der Waals surface area contributed by atoms with E-state index in [0.717, 1.165) is 5.56 Å². The summed E-state index contributed by atoms with van der Waals surface area (Å²) < 4.78 is 37.7. The molecule has 0 aliphatic carbocycles. The topological polar surface area (TPSA) is 28.7 Å². The molecular weight excluding hydrogens is 297 g/mol. The fourth-order valence-corrected chi connectivity index (χ4v) is 2.15. The minimum atomic E-state index is -4.44. The Bertz CT molecular complexity index is 546. The van der Waals surface area contributed by atoms with Gasteiger partial charge in [0.2, 0.25) is 0 Å². The fourth-order valence-electron chi connectivity index (χ4n) is 1.53. The van der Waals surface area contributed by atoms with E-state index in [0.29, 0.717) is 5.56 Å². The molecule has 6 heteroatoms. The predicted molar refractivity (Wildman–Crippen MR) is 61.5 cm³/mol. The molecule has 1 heterocycles. The van der Waals surface area contributed by atoms with E-state index in [1.54, 1.807) is 12.1 Å². The number of benzene rings is 1. The van der Waals surface area contributed by atoms with Gasteiger partial charge in [0.05, 0.1) is 4.47 Å². The van der Waals surface area contributed by atoms with Gasteiger partial charge in [-0.1, -0.05) is 24.3 Å². The van der Waals surface area contributed by atoms with Gasteiger partial charge in [-0.2, -0.15) is 18.3 Å². The molecule has 0 radical (unpaired) electrons. The third-order valence-electron chi connectivity index (χ3n) is 2.39. The van der Waals surface area contributed by atoms with Gasteiger partial charge in [0.1, 0.15) is 5.69 Å². The molecule has 0 fully saturated rings. The van der Waals surface area contributed by atoms with E-state index in [1.807, 2.05) is 24.2 Å². The molecule has 0 atom stereocenters. The van der Waals surface area contributed by atoms with E-state index >= 15 is 0 Å². The first-order valence-electron chi connectivity index (χ1n) is 4.78. The van der Waals surface area contributed by atoms with Crippen LogP contribution in [-0.2, 0) is 6.18 Å². The molecule has 2 rings (SSSR count). The second-order valence-corrected chi connectivity index (χ2v) is 4.37. The maximum absolute atomic E-state index is 12.6. The third-order valence-corrected chi connectivity index (χ3v) is 3.16. The lowest BCUT2D eigenvalue weighted by Crippen LogP contribution is -2.06. The first kappa shape index (κ1) is 12.2. The van der Waals surface area contributed by atoms with E-state index in [2.05, 4.69) is 21.0 Å². The number of aryl methyl sites for hydroxylation is 1. The fraction of sp³-hybridized carbons (Fsp3) is 0.182. The lowest BCUT2D eigenvalue weighted by Gasteiger charge is -2.04. The van der Waals surface area contributed by atoms with E-state index < -0.39 is 11.9 Å². The normalized spacial score (nSPS) is 11.8. The Balaban J connectivity index is 2.56. The van der Waals surface area contributed by atoms with Gasteiger partial charge in [-0.15, -0.1) is 0 Å². The molecule has 90 valence electrons. The monoisotopic (exact) mass is 304 g/mol. The molecule has 1 N–H and O–H groups in total. The Kier molecular flexibility index (Phi) is 2.99. The lowest BCUT2D eigenvalue weighted by molar-refractivity contribution is -0.141. The summed E-state index contributed by atoms with van der Waals surface area (Å²) in [5.74, 6) is 0. The summed E-state index contributed by atoms with van der Waals surface area (Å²) in [5, 5.41) is 5.74. The lowest BCUT2D eigenvalue weighted by atomic mass is 10.1. The molecule has 17 heavy (non-hydrogen) atoms. The van der Waals surface area contributed by atoms with Gasteiger partial charge in [-0.25, -0.2) is 0 Å². The molecule has 0 unspecified atom stereocenters. The molecule has 0 saturated carbocycles. The highest BCUT2D eigenvalue weighted by Crippen LogP contribution is 2.38. The van der Waals surface area contributed by atoms with Gasteiger partial charge in [0, 0.05) is 5.56 Å². The molecule has 1 aromatic carbocycles. The van der Waals surface area contributed by atoms with Crippen molar-refractivity contribution in [1.82, 2.24) is 10.2 Å². The first-order valence-corrected chi connectivity index (χ1v) is 5.57. The van der Waals surface area contributed by atoms with Gasteiger partial charge in [-0.05, 0) is 28.4 Å². The minimum Gasteiger partial charge on any atom is -0.272 e. The summed E-state index contributed by atoms with van der Waals surface area (Å²) in [6.45, 7) is 1.82. The van der Waals surface area contributed by atoms with Crippen molar-refractivity contribution in [1.29, 1.82) is 0 Å². The predicted octanol–water partition coefficient (Wildman–Crippen LogP) is 4.17. The van der Waals surface area contributed by atoms with Crippen molar-refractivity contribution in [2.24, 2.45) is 0 Å². The summed E-state index contributed by atoms with van der Waals surface area (Å²) in [6.07, 6.45) is -4.44. The van der Waals surface area contributed by atoms with Crippen LogP contribution in [0.15, 0.2) is 28.7 Å². The van der Waals surface area contributed by atoms with Gasteiger partial charge in [0.25, 0.3) is 0 Å². The van der Waals surface area contributed by atoms with Crippen molar-refractivity contribution < 1.29 is 13.2 Å². The molecule has 0 saturated heterocycles. The van der Waals surface area contributed by atoms with E-state index in [1.165, 1.54) is 0 Å². The van der Waals surface area contributed by atoms with Crippen LogP contribution in [-0.4, -0.2) is 10.2 Å². The average molecular weight is 305 g/mol. The molecule has 1 aromatic heterocycles. The average Bonchev–Trinajstić information content (AvgIpc) is 2.60. The van der Waals surface area contributed by atoms with Gasteiger partial charge < -0.3 is 0 Å². The van der Waals surface area contributed by atoms with Gasteiger partial charge in [-0.3, -0.25) is 5.10 Å². The largest absolute Gasteiger partial charge is 0.433 e. The van der Waals surface area contributed by atoms with Crippen molar-refractivity contribution >= 4 is 15.9 Å². The van der Waals surface area contributed by atoms with Crippen molar-refractivity contribution in [3.63, 3.8) is 0 Å². The Labute approximate surface area is 104 Å². The van der Waals surface area contributed by atoms with Crippen molar-refractivity contribution in [2.45, 2.75) is 13.1 Å². The van der Waals surface area contributed by atoms with Crippen molar-refractivity contribution in [2.75, 3.05) is 0 Å². The van der Waals surface area contributed by atoms with Crippen LogP contribution < -0.4 is 0 Å². The van der Waals surface area contributed by atoms with Crippen LogP contribution in [0.5, 0.6) is 0 Å². The van der Waals surface area contributed by atoms with E-state index in [-0.39, 0.29) is 10.2 Å². The highest BCUT2D eigenvalue weighted by Gasteiger charge is 2.36. The zero-order valence-corrected chi connectivity index (χ0v) is 10.4. The summed E-state index contributed by atoms with van der Waals surface area (Å²) in [5.41, 5.74) is 0.950. The van der Waals surface area contributed by atoms with Crippen LogP contribution in [0.1, 0.15) is 11.3 Å². The van der Waals surface area contributed by atoms with Crippen LogP contribution in [0, 0.1) is 6.92 Å². The van der Waals surface area contributed by atoms with Crippen molar-refractivity contribution in [3.8, 4) is 11.3 Å². The second kappa shape index (κ2) is 4.18. The highest BCUT2D eigenvalue weighted by molar-refractivity contribution is 9.10. The van der Waals surface area contributed by atoms with Crippen LogP contribution >= 0.6 is 15.9 Å². The molecule has 2 nitrogen and oxygen atoms in total. The number of nitrogens with zero attached hydrogens (tertiary/aromatic N) is 1. The molecular formula is C11H8BrF3N2. The zero-order chi connectivity index (χ0) is 12.6. The van der Waals surface area contributed by atoms with Crippen LogP contribution in [0.4, 0.5) is 13.2 Å². The standard InChI is InChI=1S/C11H8BrF3N2/c1-6-4-2-3-5-7(6)9-8(12)10(17-16-9)11(13,14)15/h2-5H,1H3,(H,16,17). The molecule has 2 aromatic rings. The Morgan fingerprint density at radius 1 is 1.24 bits per heavy atom. The number of alkyl halides is 3. The van der Waals surface area contributed by atoms with Crippen LogP contribution in [0.25, 0.3) is 11.3 Å². The molecule has 0 bridgehead atoms. The van der Waals surface area contributed by atoms with Crippen LogP contribution in [0.3, 0.4) is 0 Å². The van der Waals surface area contributed by atoms with Crippen LogP contribution in [0.2, 0.25) is 0 Å². The number of hydrogen-bond acceptors (Lipinski definition) is 1. The Hall–Kier alpha value is -1.30. The molecule has 0 aliphatic heterocycles. The number of H-pyrrole nitrogens is 1. The third kappa shape index (κ3) is 2.22. The number of hydrogen-bond donors (Lipinski definition) is 1. The second-order valence-electron chi connectivity index (χ2n) is 3.57. The number of halogens is 4. The van der Waals surface area contributed by atoms with Gasteiger partial charge >= 0.3 is 6.18 Å². The Morgan fingerprint density at radius 2 is 1.88 bits per heavy atom. The quantitative estimate of drug-likeness (QED) is 0.842. The maximum atomic E-state index is 12.6. The summed E-state index contributed by atoms with van der Waals surface area (Å²) in [4.78, 5) is 0. The zero-order valence-electron chi connectivity index (χ0n) is 8.77. The summed E-state index contributed by atoms with van der Waals surface area (Å²) in [6, 6.07) is 7.14. The number of aromatic amines is 1. The first-order chi connectivity index (χ1) is 7.91. The van der Waals surface area contributed by atoms with Gasteiger partial charge in [0.15, 0.2) is 5.69 Å². The summed E-state index contributed by atoms with van der Waals surface area (Å²) >= 11 is 2.94. The SMILES string of the molecule is Cc1ccccc1-c1n[nH]c(C(F)(F)F)c1Br. The summed E-state index contributed by atoms with van der Waals surface area (Å²) in [7, 11) is 0. The molecule has 0 spiro atoms.